The molecule has 1 amide bonds. The second-order valence-corrected chi connectivity index (χ2v) is 8.75. The Morgan fingerprint density at radius 2 is 2.03 bits per heavy atom. The lowest BCUT2D eigenvalue weighted by Gasteiger charge is -2.27. The van der Waals surface area contributed by atoms with E-state index in [9.17, 15) is 13.6 Å². The van der Waals surface area contributed by atoms with Crippen LogP contribution in [0.2, 0.25) is 0 Å². The van der Waals surface area contributed by atoms with E-state index in [2.05, 4.69) is 17.2 Å². The predicted molar refractivity (Wildman–Crippen MR) is 123 cm³/mol. The fourth-order valence-electron chi connectivity index (χ4n) is 4.43. The lowest BCUT2D eigenvalue weighted by Crippen LogP contribution is -2.27. The molecular weight excluding hydrogens is 428 g/mol. The highest BCUT2D eigenvalue weighted by molar-refractivity contribution is 7.71. The van der Waals surface area contributed by atoms with Gasteiger partial charge in [0.15, 0.2) is 4.77 Å². The molecule has 0 saturated carbocycles. The van der Waals surface area contributed by atoms with Gasteiger partial charge in [-0.05, 0) is 79.2 Å². The number of rotatable bonds is 7. The number of aromatic nitrogens is 2. The Kier molecular flexibility index (Phi) is 6.84. The zero-order valence-electron chi connectivity index (χ0n) is 18.1. The summed E-state index contributed by atoms with van der Waals surface area (Å²) in [6, 6.07) is 10.0. The van der Waals surface area contributed by atoms with E-state index in [4.69, 9.17) is 12.2 Å². The summed E-state index contributed by atoms with van der Waals surface area (Å²) in [5.74, 6) is -1.19. The van der Waals surface area contributed by atoms with E-state index in [1.54, 1.807) is 6.20 Å². The minimum absolute atomic E-state index is 0.0211. The molecule has 0 radical (unpaired) electrons. The third-order valence-corrected chi connectivity index (χ3v) is 6.47. The van der Waals surface area contributed by atoms with Crippen molar-refractivity contribution < 1.29 is 13.6 Å². The molecule has 1 aliphatic carbocycles. The molecule has 1 aliphatic rings. The Balaban J connectivity index is 1.45. The van der Waals surface area contributed by atoms with Crippen LogP contribution in [0.1, 0.15) is 65.0 Å². The highest BCUT2D eigenvalue weighted by Crippen LogP contribution is 2.32. The van der Waals surface area contributed by atoms with Crippen LogP contribution in [0.5, 0.6) is 0 Å². The van der Waals surface area contributed by atoms with Crippen LogP contribution in [0.4, 0.5) is 8.78 Å². The van der Waals surface area contributed by atoms with E-state index in [1.165, 1.54) is 11.6 Å². The van der Waals surface area contributed by atoms with E-state index in [0.29, 0.717) is 47.3 Å². The monoisotopic (exact) mass is 455 g/mol. The first-order chi connectivity index (χ1) is 15.5. The minimum Gasteiger partial charge on any atom is -0.346 e. The maximum Gasteiger partial charge on any atom is 0.251 e. The largest absolute Gasteiger partial charge is 0.346 e. The summed E-state index contributed by atoms with van der Waals surface area (Å²) >= 11 is 5.47. The van der Waals surface area contributed by atoms with Crippen LogP contribution in [0.3, 0.4) is 0 Å². The van der Waals surface area contributed by atoms with Gasteiger partial charge in [-0.3, -0.25) is 4.79 Å². The quantitative estimate of drug-likeness (QED) is 0.441. The molecule has 1 heterocycles. The zero-order chi connectivity index (χ0) is 22.7. The van der Waals surface area contributed by atoms with Crippen molar-refractivity contribution in [2.75, 3.05) is 0 Å². The van der Waals surface area contributed by atoms with Crippen LogP contribution < -0.4 is 5.32 Å². The first-order valence-corrected chi connectivity index (χ1v) is 11.5. The smallest absolute Gasteiger partial charge is 0.251 e. The Bertz CT molecular complexity index is 1170. The lowest BCUT2D eigenvalue weighted by molar-refractivity contribution is 0.0949. The van der Waals surface area contributed by atoms with Crippen LogP contribution in [0.15, 0.2) is 42.6 Å². The van der Waals surface area contributed by atoms with Crippen molar-refractivity contribution >= 4 is 18.1 Å². The molecule has 0 saturated heterocycles. The molecule has 1 atom stereocenters. The van der Waals surface area contributed by atoms with Gasteiger partial charge in [0.1, 0.15) is 11.6 Å². The first kappa shape index (κ1) is 22.4. The number of H-pyrrole nitrogens is 1. The molecule has 168 valence electrons. The number of carbonyl (C=O) groups excluding carboxylic acids is 1. The molecule has 3 aromatic rings. The fraction of sp³-hybridized carbons (Fsp3) is 0.360. The van der Waals surface area contributed by atoms with E-state index in [0.717, 1.165) is 31.0 Å². The standard InChI is InChI=1S/C25H27F2N3OS/c1-2-3-4-16-5-7-17(8-6-16)24(31)28-14-21-15-29-25(32)30(21)20-9-10-22-18(12-20)11-19(26)13-23(22)27/h5-8,11,13,15,20H,2-4,9-10,12,14H2,1H3,(H,28,31)(H,29,32)/t20-/m0/s1. The summed E-state index contributed by atoms with van der Waals surface area (Å²) in [4.78, 5) is 15.7. The van der Waals surface area contributed by atoms with Crippen molar-refractivity contribution in [3.05, 3.63) is 86.9 Å². The van der Waals surface area contributed by atoms with Crippen LogP contribution in [0.25, 0.3) is 0 Å². The van der Waals surface area contributed by atoms with Crippen molar-refractivity contribution in [3.63, 3.8) is 0 Å². The average Bonchev–Trinajstić information content (AvgIpc) is 3.16. The molecule has 2 aromatic carbocycles. The molecule has 2 N–H and O–H groups in total. The predicted octanol–water partition coefficient (Wildman–Crippen LogP) is 5.83. The van der Waals surface area contributed by atoms with Crippen molar-refractivity contribution in [1.82, 2.24) is 14.9 Å². The Morgan fingerprint density at radius 1 is 1.25 bits per heavy atom. The van der Waals surface area contributed by atoms with Gasteiger partial charge in [0.2, 0.25) is 0 Å². The second-order valence-electron chi connectivity index (χ2n) is 8.36. The van der Waals surface area contributed by atoms with Gasteiger partial charge in [-0.2, -0.15) is 0 Å². The van der Waals surface area contributed by atoms with Gasteiger partial charge in [-0.1, -0.05) is 25.5 Å². The number of amides is 1. The Labute approximate surface area is 191 Å². The summed E-state index contributed by atoms with van der Waals surface area (Å²) < 4.78 is 30.3. The molecule has 0 bridgehead atoms. The Hall–Kier alpha value is -2.80. The van der Waals surface area contributed by atoms with Gasteiger partial charge in [-0.25, -0.2) is 8.78 Å². The maximum atomic E-state index is 14.1. The van der Waals surface area contributed by atoms with Crippen LogP contribution >= 0.6 is 12.2 Å². The van der Waals surface area contributed by atoms with Gasteiger partial charge >= 0.3 is 0 Å². The van der Waals surface area contributed by atoms with Gasteiger partial charge in [0.25, 0.3) is 5.91 Å². The maximum absolute atomic E-state index is 14.1. The lowest BCUT2D eigenvalue weighted by atomic mass is 9.87. The van der Waals surface area contributed by atoms with Crippen LogP contribution in [-0.4, -0.2) is 15.5 Å². The van der Waals surface area contributed by atoms with Crippen LogP contribution in [-0.2, 0) is 25.8 Å². The third-order valence-electron chi connectivity index (χ3n) is 6.16. The van der Waals surface area contributed by atoms with Crippen molar-refractivity contribution in [2.45, 2.75) is 58.0 Å². The number of benzene rings is 2. The minimum atomic E-state index is -0.562. The molecule has 0 unspecified atom stereocenters. The normalized spacial score (nSPS) is 15.4. The van der Waals surface area contributed by atoms with Crippen molar-refractivity contribution in [1.29, 1.82) is 0 Å². The molecule has 4 rings (SSSR count). The SMILES string of the molecule is CCCCc1ccc(C(=O)NCc2c[nH]c(=S)n2[C@H]2CCc3c(F)cc(F)cc3C2)cc1. The summed E-state index contributed by atoms with van der Waals surface area (Å²) in [6.07, 6.45) is 6.79. The molecule has 1 aromatic heterocycles. The average molecular weight is 456 g/mol. The molecule has 0 spiro atoms. The summed E-state index contributed by atoms with van der Waals surface area (Å²) in [7, 11) is 0. The van der Waals surface area contributed by atoms with Crippen molar-refractivity contribution in [3.8, 4) is 0 Å². The zero-order valence-corrected chi connectivity index (χ0v) is 18.9. The number of aryl methyl sites for hydroxylation is 1. The topological polar surface area (TPSA) is 49.8 Å². The number of imidazole rings is 1. The van der Waals surface area contributed by atoms with Gasteiger partial charge in [-0.15, -0.1) is 0 Å². The number of unbranched alkanes of at least 4 members (excludes halogenated alkanes) is 1. The number of fused-ring (bicyclic) bond motifs is 1. The molecule has 0 aliphatic heterocycles. The highest BCUT2D eigenvalue weighted by Gasteiger charge is 2.25. The molecule has 4 nitrogen and oxygen atoms in total. The van der Waals surface area contributed by atoms with Crippen LogP contribution in [0, 0.1) is 16.4 Å². The fourth-order valence-corrected chi connectivity index (χ4v) is 4.76. The number of hydrogen-bond donors (Lipinski definition) is 2. The number of hydrogen-bond acceptors (Lipinski definition) is 2. The van der Waals surface area contributed by atoms with Gasteiger partial charge < -0.3 is 14.9 Å². The molecular formula is C25H27F2N3OS. The third kappa shape index (κ3) is 4.83. The highest BCUT2D eigenvalue weighted by atomic mass is 32.1. The van der Waals surface area contributed by atoms with Crippen molar-refractivity contribution in [2.24, 2.45) is 0 Å². The number of nitrogens with zero attached hydrogens (tertiary/aromatic N) is 1. The summed E-state index contributed by atoms with van der Waals surface area (Å²) in [5, 5.41) is 2.96. The summed E-state index contributed by atoms with van der Waals surface area (Å²) in [5.41, 5.74) is 3.95. The number of halogens is 2. The molecule has 32 heavy (non-hydrogen) atoms. The molecule has 0 fully saturated rings. The number of carbonyl (C=O) groups is 1. The molecule has 7 heteroatoms. The van der Waals surface area contributed by atoms with Gasteiger partial charge in [0, 0.05) is 23.9 Å². The summed E-state index contributed by atoms with van der Waals surface area (Å²) in [6.45, 7) is 2.47. The van der Waals surface area contributed by atoms with Gasteiger partial charge in [0.05, 0.1) is 12.2 Å². The number of aromatic amines is 1. The Morgan fingerprint density at radius 3 is 2.78 bits per heavy atom. The van der Waals surface area contributed by atoms with E-state index in [-0.39, 0.29) is 11.9 Å². The second kappa shape index (κ2) is 9.77. The van der Waals surface area contributed by atoms with E-state index < -0.39 is 11.6 Å². The van der Waals surface area contributed by atoms with E-state index in [1.807, 2.05) is 28.8 Å². The van der Waals surface area contributed by atoms with E-state index >= 15 is 0 Å². The number of nitrogens with one attached hydrogen (secondary N) is 2. The first-order valence-electron chi connectivity index (χ1n) is 11.1.